The average molecular weight is 448 g/mol. The van der Waals surface area contributed by atoms with Crippen LogP contribution in [0.2, 0.25) is 10.0 Å². The summed E-state index contributed by atoms with van der Waals surface area (Å²) in [7, 11) is 0. The molecule has 0 aliphatic carbocycles. The topological polar surface area (TPSA) is 98.2 Å². The number of benzene rings is 2. The van der Waals surface area contributed by atoms with E-state index in [1.165, 1.54) is 24.3 Å². The molecule has 2 fully saturated rings. The highest BCUT2D eigenvalue weighted by Crippen LogP contribution is 2.32. The van der Waals surface area contributed by atoms with Gasteiger partial charge < -0.3 is 5.21 Å². The number of carbonyl (C=O) groups is 4. The molecule has 0 unspecified atom stereocenters. The maximum Gasteiger partial charge on any atom is 0.254 e. The molecule has 4 amide bonds. The zero-order chi connectivity index (χ0) is 21.6. The van der Waals surface area contributed by atoms with Gasteiger partial charge in [-0.2, -0.15) is 5.06 Å². The first-order valence-electron chi connectivity index (χ1n) is 9.00. The molecule has 4 rings (SSSR count). The molecule has 2 aromatic rings. The number of hydroxylamine groups is 2. The highest BCUT2D eigenvalue weighted by atomic mass is 35.5. The molecule has 10 heteroatoms. The molecule has 2 aliphatic rings. The molecule has 2 aliphatic heterocycles. The summed E-state index contributed by atoms with van der Waals surface area (Å²) in [5.74, 6) is -2.50. The number of hydrogen-bond donors (Lipinski definition) is 1. The maximum atomic E-state index is 12.8. The summed E-state index contributed by atoms with van der Waals surface area (Å²) < 4.78 is 0. The fourth-order valence-corrected chi connectivity index (χ4v) is 4.00. The Morgan fingerprint density at radius 3 is 1.53 bits per heavy atom. The van der Waals surface area contributed by atoms with Crippen molar-refractivity contribution in [2.75, 3.05) is 9.80 Å². The van der Waals surface area contributed by atoms with Crippen LogP contribution in [0.1, 0.15) is 12.8 Å². The van der Waals surface area contributed by atoms with E-state index in [0.29, 0.717) is 15.1 Å². The number of imide groups is 2. The van der Waals surface area contributed by atoms with E-state index in [2.05, 4.69) is 0 Å². The highest BCUT2D eigenvalue weighted by Gasteiger charge is 2.50. The first-order valence-corrected chi connectivity index (χ1v) is 9.75. The number of carbonyl (C=O) groups excluding carboxylic acids is 4. The molecule has 0 aromatic heterocycles. The van der Waals surface area contributed by atoms with Gasteiger partial charge in [-0.05, 0) is 36.4 Å². The fourth-order valence-electron chi connectivity index (χ4n) is 3.64. The van der Waals surface area contributed by atoms with E-state index in [1.54, 1.807) is 24.3 Å². The molecule has 154 valence electrons. The molecule has 0 saturated carbocycles. The van der Waals surface area contributed by atoms with E-state index in [9.17, 15) is 24.4 Å². The Kier molecular flexibility index (Phi) is 5.33. The maximum absolute atomic E-state index is 12.8. The van der Waals surface area contributed by atoms with Crippen LogP contribution in [0.5, 0.6) is 0 Å². The smallest absolute Gasteiger partial charge is 0.254 e. The lowest BCUT2D eigenvalue weighted by molar-refractivity contribution is -0.172. The number of amides is 4. The molecule has 30 heavy (non-hydrogen) atoms. The molecule has 2 aromatic carbocycles. The average Bonchev–Trinajstić information content (AvgIpc) is 3.16. The summed E-state index contributed by atoms with van der Waals surface area (Å²) in [6, 6.07) is 9.76. The Morgan fingerprint density at radius 1 is 0.767 bits per heavy atom. The predicted molar refractivity (Wildman–Crippen MR) is 108 cm³/mol. The van der Waals surface area contributed by atoms with E-state index in [-0.39, 0.29) is 24.2 Å². The second-order valence-electron chi connectivity index (χ2n) is 6.91. The van der Waals surface area contributed by atoms with Crippen molar-refractivity contribution in [1.82, 2.24) is 5.06 Å². The third kappa shape index (κ3) is 3.48. The van der Waals surface area contributed by atoms with E-state index in [0.717, 1.165) is 9.80 Å². The van der Waals surface area contributed by atoms with Crippen molar-refractivity contribution in [2.24, 2.45) is 0 Å². The van der Waals surface area contributed by atoms with E-state index < -0.39 is 35.7 Å². The first kappa shape index (κ1) is 20.5. The molecule has 2 atom stereocenters. The number of nitrogens with zero attached hydrogens (tertiary/aromatic N) is 3. The van der Waals surface area contributed by atoms with Gasteiger partial charge in [-0.3, -0.25) is 19.2 Å². The van der Waals surface area contributed by atoms with Crippen molar-refractivity contribution in [1.29, 1.82) is 0 Å². The van der Waals surface area contributed by atoms with Crippen LogP contribution in [0.25, 0.3) is 0 Å². The van der Waals surface area contributed by atoms with Crippen molar-refractivity contribution in [3.63, 3.8) is 0 Å². The zero-order valence-electron chi connectivity index (χ0n) is 15.4. The summed E-state index contributed by atoms with van der Waals surface area (Å²) in [4.78, 5) is 52.4. The first-order chi connectivity index (χ1) is 14.3. The zero-order valence-corrected chi connectivity index (χ0v) is 16.9. The van der Waals surface area contributed by atoms with Crippen LogP contribution in [0.3, 0.4) is 0 Å². The SMILES string of the molecule is O=C1C[C@@H](N(O)[C@H]2CC(=O)N(c3cccc(Cl)c3)C2=O)C(=O)N1c1cccc(Cl)c1. The van der Waals surface area contributed by atoms with Crippen LogP contribution in [-0.2, 0) is 19.2 Å². The normalized spacial score (nSPS) is 22.0. The highest BCUT2D eigenvalue weighted by molar-refractivity contribution is 6.32. The van der Waals surface area contributed by atoms with Crippen molar-refractivity contribution < 1.29 is 24.4 Å². The molecular formula is C20H15Cl2N3O5. The Bertz CT molecular complexity index is 992. The molecule has 2 saturated heterocycles. The standard InChI is InChI=1S/C20H15Cl2N3O5/c21-11-3-1-5-13(7-11)23-17(26)9-15(19(23)28)25(30)16-10-18(27)24(20(16)29)14-6-2-4-12(22)8-14/h1-8,15-16,30H,9-10H2/t15-,16+. The quantitative estimate of drug-likeness (QED) is 0.571. The summed E-state index contributed by atoms with van der Waals surface area (Å²) in [5, 5.41) is 11.8. The lowest BCUT2D eigenvalue weighted by Gasteiger charge is -2.25. The lowest BCUT2D eigenvalue weighted by atomic mass is 10.1. The van der Waals surface area contributed by atoms with Crippen LogP contribution >= 0.6 is 23.2 Å². The van der Waals surface area contributed by atoms with Gasteiger partial charge in [-0.1, -0.05) is 35.3 Å². The number of hydrogen-bond acceptors (Lipinski definition) is 6. The summed E-state index contributed by atoms with van der Waals surface area (Å²) in [6.07, 6.45) is -0.673. The second kappa shape index (κ2) is 7.81. The van der Waals surface area contributed by atoms with E-state index in [4.69, 9.17) is 23.2 Å². The minimum absolute atomic E-state index is 0.266. The monoisotopic (exact) mass is 447 g/mol. The van der Waals surface area contributed by atoms with Gasteiger partial charge in [0.1, 0.15) is 12.1 Å². The molecule has 0 bridgehead atoms. The summed E-state index contributed by atoms with van der Waals surface area (Å²) >= 11 is 11.9. The Morgan fingerprint density at radius 2 is 1.17 bits per heavy atom. The van der Waals surface area contributed by atoms with Crippen LogP contribution in [0.4, 0.5) is 11.4 Å². The number of halogens is 2. The summed E-state index contributed by atoms with van der Waals surface area (Å²) in [6.45, 7) is 0. The van der Waals surface area contributed by atoms with Crippen molar-refractivity contribution in [3.05, 3.63) is 58.6 Å². The van der Waals surface area contributed by atoms with E-state index in [1.807, 2.05) is 0 Å². The van der Waals surface area contributed by atoms with Crippen LogP contribution in [0.15, 0.2) is 48.5 Å². The molecule has 1 N–H and O–H groups in total. The van der Waals surface area contributed by atoms with Crippen molar-refractivity contribution >= 4 is 58.2 Å². The largest absolute Gasteiger partial charge is 0.312 e. The Hall–Kier alpha value is -2.78. The molecule has 0 radical (unpaired) electrons. The molecule has 2 heterocycles. The number of anilines is 2. The van der Waals surface area contributed by atoms with Gasteiger partial charge in [0.2, 0.25) is 11.8 Å². The lowest BCUT2D eigenvalue weighted by Crippen LogP contribution is -2.49. The van der Waals surface area contributed by atoms with Gasteiger partial charge in [0.15, 0.2) is 0 Å². The Balaban J connectivity index is 1.57. The minimum Gasteiger partial charge on any atom is -0.312 e. The summed E-state index contributed by atoms with van der Waals surface area (Å²) in [5.41, 5.74) is 0.533. The van der Waals surface area contributed by atoms with Gasteiger partial charge in [-0.25, -0.2) is 9.80 Å². The number of rotatable bonds is 4. The fraction of sp³-hybridized carbons (Fsp3) is 0.200. The van der Waals surface area contributed by atoms with Crippen LogP contribution in [0, 0.1) is 0 Å². The van der Waals surface area contributed by atoms with Crippen LogP contribution in [-0.4, -0.2) is 46.0 Å². The van der Waals surface area contributed by atoms with Crippen LogP contribution < -0.4 is 9.80 Å². The molecular weight excluding hydrogens is 433 g/mol. The Labute approximate surface area is 181 Å². The predicted octanol–water partition coefficient (Wildman–Crippen LogP) is 2.65. The van der Waals surface area contributed by atoms with Gasteiger partial charge in [0.25, 0.3) is 11.8 Å². The van der Waals surface area contributed by atoms with Crippen molar-refractivity contribution in [3.8, 4) is 0 Å². The third-order valence-electron chi connectivity index (χ3n) is 5.02. The van der Waals surface area contributed by atoms with Gasteiger partial charge in [0, 0.05) is 10.0 Å². The second-order valence-corrected chi connectivity index (χ2v) is 7.79. The third-order valence-corrected chi connectivity index (χ3v) is 5.49. The minimum atomic E-state index is -1.29. The van der Waals surface area contributed by atoms with Crippen molar-refractivity contribution in [2.45, 2.75) is 24.9 Å². The van der Waals surface area contributed by atoms with Gasteiger partial charge in [0.05, 0.1) is 24.2 Å². The molecule has 0 spiro atoms. The van der Waals surface area contributed by atoms with E-state index >= 15 is 0 Å². The molecule has 8 nitrogen and oxygen atoms in total. The van der Waals surface area contributed by atoms with Gasteiger partial charge in [-0.15, -0.1) is 0 Å². The van der Waals surface area contributed by atoms with Gasteiger partial charge >= 0.3 is 0 Å².